The molecule has 3 aliphatic rings. The molecule has 4 heterocycles. The van der Waals surface area contributed by atoms with Gasteiger partial charge in [-0.2, -0.15) is 0 Å². The van der Waals surface area contributed by atoms with Gasteiger partial charge in [-0.1, -0.05) is 11.6 Å². The number of nitrogens with zero attached hydrogens (tertiary/aromatic N) is 4. The fraction of sp³-hybridized carbons (Fsp3) is 0.412. The van der Waals surface area contributed by atoms with Crippen LogP contribution in [0.25, 0.3) is 0 Å². The maximum Gasteiger partial charge on any atom is 0.165 e. The zero-order valence-corrected chi connectivity index (χ0v) is 16.4. The molecule has 0 saturated carbocycles. The molecule has 0 bridgehead atoms. The topological polar surface area (TPSA) is 79.3 Å². The molecule has 3 aliphatic heterocycles. The van der Waals surface area contributed by atoms with Crippen molar-refractivity contribution in [2.75, 3.05) is 45.0 Å². The summed E-state index contributed by atoms with van der Waals surface area (Å²) in [6.45, 7) is 3.33. The zero-order valence-electron chi connectivity index (χ0n) is 14.9. The van der Waals surface area contributed by atoms with E-state index in [9.17, 15) is 4.21 Å². The van der Waals surface area contributed by atoms with Gasteiger partial charge in [0.15, 0.2) is 5.84 Å². The number of aromatic nitrogens is 1. The van der Waals surface area contributed by atoms with E-state index in [0.29, 0.717) is 42.2 Å². The lowest BCUT2D eigenvalue weighted by atomic mass is 10.3. The Morgan fingerprint density at radius 3 is 3.00 bits per heavy atom. The molecule has 8 nitrogen and oxygen atoms in total. The first-order valence-electron chi connectivity index (χ1n) is 8.57. The van der Waals surface area contributed by atoms with Crippen LogP contribution >= 0.6 is 11.6 Å². The van der Waals surface area contributed by atoms with Gasteiger partial charge in [0, 0.05) is 25.4 Å². The van der Waals surface area contributed by atoms with Crippen LogP contribution in [-0.4, -0.2) is 59.4 Å². The standard InChI is InChI=1S/C17H20ClN5O3S/c1-25-12-8-13-17(21-11-20-13)23(9-12)27(24)10-14-16(18)15(2-3-19-14)22-4-6-26-7-5-22/h2-3,8-9,20H,4-7,10-11H2,1H3/t27-/m1/s1. The molecule has 27 heavy (non-hydrogen) atoms. The minimum Gasteiger partial charge on any atom is -0.495 e. The number of hydrogen-bond donors (Lipinski definition) is 1. The summed E-state index contributed by atoms with van der Waals surface area (Å²) in [5.74, 6) is 1.42. The number of pyridine rings is 1. The van der Waals surface area contributed by atoms with Gasteiger partial charge in [-0.15, -0.1) is 0 Å². The summed E-state index contributed by atoms with van der Waals surface area (Å²) in [5, 5.41) is 3.67. The summed E-state index contributed by atoms with van der Waals surface area (Å²) < 4.78 is 25.4. The molecule has 1 fully saturated rings. The van der Waals surface area contributed by atoms with Crippen molar-refractivity contribution in [1.29, 1.82) is 0 Å². The first-order chi connectivity index (χ1) is 13.2. The molecule has 0 spiro atoms. The number of ether oxygens (including phenoxy) is 2. The van der Waals surface area contributed by atoms with Crippen LogP contribution in [0.1, 0.15) is 5.69 Å². The molecule has 1 aromatic rings. The van der Waals surface area contributed by atoms with Crippen molar-refractivity contribution in [3.63, 3.8) is 0 Å². The Hall–Kier alpha value is -2.10. The fourth-order valence-electron chi connectivity index (χ4n) is 3.10. The highest BCUT2D eigenvalue weighted by molar-refractivity contribution is 7.82. The van der Waals surface area contributed by atoms with Crippen LogP contribution < -0.4 is 10.2 Å². The van der Waals surface area contributed by atoms with Crippen LogP contribution in [0, 0.1) is 0 Å². The molecule has 1 aromatic heterocycles. The third kappa shape index (κ3) is 3.67. The molecule has 1 atom stereocenters. The third-order valence-electron chi connectivity index (χ3n) is 4.49. The van der Waals surface area contributed by atoms with E-state index in [-0.39, 0.29) is 5.75 Å². The summed E-state index contributed by atoms with van der Waals surface area (Å²) in [6.07, 6.45) is 5.23. The van der Waals surface area contributed by atoms with Gasteiger partial charge in [-0.3, -0.25) is 4.98 Å². The number of rotatable bonds is 5. The number of methoxy groups -OCH3 is 1. The predicted octanol–water partition coefficient (Wildman–Crippen LogP) is 1.38. The molecule has 0 aliphatic carbocycles. The molecular formula is C17H20ClN5O3S. The van der Waals surface area contributed by atoms with Crippen molar-refractivity contribution in [3.05, 3.63) is 46.7 Å². The van der Waals surface area contributed by atoms with Gasteiger partial charge >= 0.3 is 0 Å². The summed E-state index contributed by atoms with van der Waals surface area (Å²) in [5.41, 5.74) is 2.28. The fourth-order valence-corrected chi connectivity index (χ4v) is 4.64. The SMILES string of the molecule is COC1=CN([S@](=O)Cc2nccc(N3CCOCC3)c2Cl)C2=NCNC2=C1. The first-order valence-corrected chi connectivity index (χ1v) is 10.2. The van der Waals surface area contributed by atoms with Crippen molar-refractivity contribution in [2.24, 2.45) is 4.99 Å². The van der Waals surface area contributed by atoms with E-state index in [1.54, 1.807) is 23.8 Å². The van der Waals surface area contributed by atoms with Gasteiger partial charge in [-0.25, -0.2) is 13.5 Å². The van der Waals surface area contributed by atoms with E-state index in [1.807, 2.05) is 12.1 Å². The Morgan fingerprint density at radius 2 is 2.22 bits per heavy atom. The molecule has 0 aromatic carbocycles. The van der Waals surface area contributed by atoms with Crippen molar-refractivity contribution in [3.8, 4) is 0 Å². The van der Waals surface area contributed by atoms with E-state index >= 15 is 0 Å². The van der Waals surface area contributed by atoms with Crippen molar-refractivity contribution in [1.82, 2.24) is 14.6 Å². The number of fused-ring (bicyclic) bond motifs is 1. The zero-order chi connectivity index (χ0) is 18.8. The molecule has 1 saturated heterocycles. The Balaban J connectivity index is 1.56. The van der Waals surface area contributed by atoms with Gasteiger partial charge < -0.3 is 19.7 Å². The third-order valence-corrected chi connectivity index (χ3v) is 6.14. The Kier molecular flexibility index (Phi) is 5.33. The van der Waals surface area contributed by atoms with Gasteiger partial charge in [-0.05, 0) is 6.07 Å². The molecule has 0 unspecified atom stereocenters. The van der Waals surface area contributed by atoms with E-state index in [2.05, 4.69) is 20.2 Å². The Labute approximate surface area is 165 Å². The average molecular weight is 410 g/mol. The molecule has 10 heteroatoms. The lowest BCUT2D eigenvalue weighted by Gasteiger charge is -2.30. The minimum atomic E-state index is -1.44. The van der Waals surface area contributed by atoms with Crippen LogP contribution in [0.15, 0.2) is 41.0 Å². The van der Waals surface area contributed by atoms with E-state index in [4.69, 9.17) is 21.1 Å². The van der Waals surface area contributed by atoms with Crippen LogP contribution in [-0.2, 0) is 26.2 Å². The Morgan fingerprint density at radius 1 is 1.41 bits per heavy atom. The molecule has 1 N–H and O–H groups in total. The number of morpholine rings is 1. The molecule has 144 valence electrons. The number of nitrogens with one attached hydrogen (secondary N) is 1. The van der Waals surface area contributed by atoms with Gasteiger partial charge in [0.1, 0.15) is 23.4 Å². The highest BCUT2D eigenvalue weighted by atomic mass is 35.5. The van der Waals surface area contributed by atoms with Gasteiger partial charge in [0.2, 0.25) is 0 Å². The number of aliphatic imine (C=N–C) groups is 1. The number of allylic oxidation sites excluding steroid dienone is 1. The van der Waals surface area contributed by atoms with Crippen molar-refractivity contribution >= 4 is 34.1 Å². The number of amidine groups is 1. The molecule has 0 radical (unpaired) electrons. The van der Waals surface area contributed by atoms with Gasteiger partial charge in [0.05, 0.1) is 54.4 Å². The smallest absolute Gasteiger partial charge is 0.165 e. The normalized spacial score (nSPS) is 20.3. The maximum absolute atomic E-state index is 13.1. The quantitative estimate of drug-likeness (QED) is 0.791. The highest BCUT2D eigenvalue weighted by Gasteiger charge is 2.29. The highest BCUT2D eigenvalue weighted by Crippen LogP contribution is 2.30. The van der Waals surface area contributed by atoms with E-state index in [0.717, 1.165) is 24.5 Å². The summed E-state index contributed by atoms with van der Waals surface area (Å²) in [4.78, 5) is 10.9. The monoisotopic (exact) mass is 409 g/mol. The largest absolute Gasteiger partial charge is 0.495 e. The predicted molar refractivity (Wildman–Crippen MR) is 105 cm³/mol. The summed E-state index contributed by atoms with van der Waals surface area (Å²) in [7, 11) is 0.136. The van der Waals surface area contributed by atoms with Crippen molar-refractivity contribution in [2.45, 2.75) is 5.75 Å². The first kappa shape index (κ1) is 18.3. The van der Waals surface area contributed by atoms with Crippen LogP contribution in [0.5, 0.6) is 0 Å². The average Bonchev–Trinajstić information content (AvgIpc) is 3.18. The second kappa shape index (κ2) is 7.87. The molecular weight excluding hydrogens is 390 g/mol. The van der Waals surface area contributed by atoms with Crippen LogP contribution in [0.2, 0.25) is 5.02 Å². The Bertz CT molecular complexity index is 851. The van der Waals surface area contributed by atoms with Crippen LogP contribution in [0.4, 0.5) is 5.69 Å². The second-order valence-corrected chi connectivity index (χ2v) is 7.80. The van der Waals surface area contributed by atoms with Crippen LogP contribution in [0.3, 0.4) is 0 Å². The van der Waals surface area contributed by atoms with Crippen molar-refractivity contribution < 1.29 is 13.7 Å². The number of hydrogen-bond acceptors (Lipinski definition) is 7. The van der Waals surface area contributed by atoms with E-state index in [1.165, 1.54) is 0 Å². The lowest BCUT2D eigenvalue weighted by molar-refractivity contribution is 0.122. The number of halogens is 1. The molecule has 0 amide bonds. The molecule has 4 rings (SSSR count). The summed E-state index contributed by atoms with van der Waals surface area (Å²) >= 11 is 6.60. The second-order valence-electron chi connectivity index (χ2n) is 6.09. The summed E-state index contributed by atoms with van der Waals surface area (Å²) in [6, 6.07) is 1.88. The van der Waals surface area contributed by atoms with E-state index < -0.39 is 11.0 Å². The minimum absolute atomic E-state index is 0.177. The maximum atomic E-state index is 13.1. The number of anilines is 1. The lowest BCUT2D eigenvalue weighted by Crippen LogP contribution is -2.36. The van der Waals surface area contributed by atoms with Gasteiger partial charge in [0.25, 0.3) is 0 Å².